The van der Waals surface area contributed by atoms with Gasteiger partial charge in [0.05, 0.1) is 18.4 Å². The molecule has 0 radical (unpaired) electrons. The van der Waals surface area contributed by atoms with Gasteiger partial charge in [-0.3, -0.25) is 0 Å². The molecular formula is C15H25N3O3. The zero-order chi connectivity index (χ0) is 16.0. The van der Waals surface area contributed by atoms with E-state index in [1.807, 2.05) is 34.7 Å². The number of hydrogen-bond donors (Lipinski definition) is 1. The molecule has 1 heterocycles. The second-order valence-corrected chi connectivity index (χ2v) is 5.18. The maximum Gasteiger partial charge on any atom is 0.339 e. The van der Waals surface area contributed by atoms with Crippen molar-refractivity contribution < 1.29 is 14.6 Å². The fourth-order valence-electron chi connectivity index (χ4n) is 2.19. The van der Waals surface area contributed by atoms with Crippen molar-refractivity contribution in [2.75, 3.05) is 25.1 Å². The van der Waals surface area contributed by atoms with Crippen LogP contribution in [0.5, 0.6) is 0 Å². The smallest absolute Gasteiger partial charge is 0.339 e. The number of anilines is 1. The minimum atomic E-state index is -0.955. The maximum absolute atomic E-state index is 11.6. The third-order valence-electron chi connectivity index (χ3n) is 3.28. The highest BCUT2D eigenvalue weighted by atomic mass is 16.5. The summed E-state index contributed by atoms with van der Waals surface area (Å²) >= 11 is 0. The quantitative estimate of drug-likeness (QED) is 0.792. The topological polar surface area (TPSA) is 75.5 Å². The Balaban J connectivity index is 3.08. The first-order chi connectivity index (χ1) is 9.92. The Hall–Kier alpha value is -1.69. The second-order valence-electron chi connectivity index (χ2n) is 5.18. The number of carboxylic acids is 1. The van der Waals surface area contributed by atoms with Gasteiger partial charge in [0.25, 0.3) is 0 Å². The molecule has 21 heavy (non-hydrogen) atoms. The third-order valence-corrected chi connectivity index (χ3v) is 3.28. The summed E-state index contributed by atoms with van der Waals surface area (Å²) in [6.45, 7) is 8.91. The number of carbonyl (C=O) groups is 1. The van der Waals surface area contributed by atoms with Gasteiger partial charge in [0.2, 0.25) is 0 Å². The van der Waals surface area contributed by atoms with Gasteiger partial charge < -0.3 is 14.7 Å². The number of aromatic nitrogens is 2. The standard InChI is InChI=1S/C15H25N3O3/c1-6-11-12(7-2)16-17-14(13(11)15(19)20)18(5)8-9-21-10(3)4/h10H,6-9H2,1-5H3,(H,19,20). The van der Waals surface area contributed by atoms with Crippen molar-refractivity contribution in [1.82, 2.24) is 10.2 Å². The maximum atomic E-state index is 11.6. The van der Waals surface area contributed by atoms with Crippen LogP contribution < -0.4 is 4.90 Å². The van der Waals surface area contributed by atoms with Crippen LogP contribution >= 0.6 is 0 Å². The van der Waals surface area contributed by atoms with Crippen LogP contribution in [0.15, 0.2) is 0 Å². The van der Waals surface area contributed by atoms with Crippen molar-refractivity contribution in [3.05, 3.63) is 16.8 Å². The Morgan fingerprint density at radius 2 is 1.95 bits per heavy atom. The number of hydrogen-bond acceptors (Lipinski definition) is 5. The van der Waals surface area contributed by atoms with E-state index in [4.69, 9.17) is 4.74 Å². The van der Waals surface area contributed by atoms with Crippen LogP contribution in [0.2, 0.25) is 0 Å². The first-order valence-corrected chi connectivity index (χ1v) is 7.36. The predicted octanol–water partition coefficient (Wildman–Crippen LogP) is 2.16. The molecular weight excluding hydrogens is 270 g/mol. The number of rotatable bonds is 8. The summed E-state index contributed by atoms with van der Waals surface area (Å²) in [5.41, 5.74) is 1.79. The van der Waals surface area contributed by atoms with E-state index in [1.165, 1.54) is 0 Å². The normalized spacial score (nSPS) is 11.0. The van der Waals surface area contributed by atoms with Crippen molar-refractivity contribution in [2.45, 2.75) is 46.6 Å². The Morgan fingerprint density at radius 1 is 1.29 bits per heavy atom. The monoisotopic (exact) mass is 295 g/mol. The molecule has 0 unspecified atom stereocenters. The highest BCUT2D eigenvalue weighted by Crippen LogP contribution is 2.23. The lowest BCUT2D eigenvalue weighted by molar-refractivity contribution is 0.0693. The Morgan fingerprint density at radius 3 is 2.43 bits per heavy atom. The summed E-state index contributed by atoms with van der Waals surface area (Å²) in [4.78, 5) is 13.4. The van der Waals surface area contributed by atoms with Crippen LogP contribution in [-0.4, -0.2) is 47.6 Å². The number of nitrogens with zero attached hydrogens (tertiary/aromatic N) is 3. The van der Waals surface area contributed by atoms with Gasteiger partial charge in [-0.15, -0.1) is 5.10 Å². The van der Waals surface area contributed by atoms with Gasteiger partial charge in [-0.2, -0.15) is 5.10 Å². The fourth-order valence-corrected chi connectivity index (χ4v) is 2.19. The lowest BCUT2D eigenvalue weighted by Gasteiger charge is -2.22. The highest BCUT2D eigenvalue weighted by molar-refractivity contribution is 5.95. The van der Waals surface area contributed by atoms with E-state index in [0.717, 1.165) is 11.3 Å². The van der Waals surface area contributed by atoms with Gasteiger partial charge in [0.1, 0.15) is 5.56 Å². The zero-order valence-corrected chi connectivity index (χ0v) is 13.5. The number of carboxylic acid groups (broad SMARTS) is 1. The number of aryl methyl sites for hydroxylation is 1. The molecule has 1 rings (SSSR count). The zero-order valence-electron chi connectivity index (χ0n) is 13.5. The largest absolute Gasteiger partial charge is 0.478 e. The van der Waals surface area contributed by atoms with E-state index < -0.39 is 5.97 Å². The molecule has 0 bridgehead atoms. The highest BCUT2D eigenvalue weighted by Gasteiger charge is 2.22. The minimum Gasteiger partial charge on any atom is -0.478 e. The van der Waals surface area contributed by atoms with E-state index in [0.29, 0.717) is 31.8 Å². The molecule has 1 aromatic rings. The van der Waals surface area contributed by atoms with Crippen LogP contribution in [0.4, 0.5) is 5.82 Å². The van der Waals surface area contributed by atoms with Crippen LogP contribution in [0.25, 0.3) is 0 Å². The van der Waals surface area contributed by atoms with E-state index in [2.05, 4.69) is 10.2 Å². The van der Waals surface area contributed by atoms with Gasteiger partial charge >= 0.3 is 5.97 Å². The van der Waals surface area contributed by atoms with Gasteiger partial charge in [0, 0.05) is 13.6 Å². The van der Waals surface area contributed by atoms with Crippen molar-refractivity contribution in [3.63, 3.8) is 0 Å². The molecule has 6 nitrogen and oxygen atoms in total. The second kappa shape index (κ2) is 7.93. The third kappa shape index (κ3) is 4.39. The molecule has 0 atom stereocenters. The average Bonchev–Trinajstić information content (AvgIpc) is 2.44. The predicted molar refractivity (Wildman–Crippen MR) is 82.1 cm³/mol. The molecule has 0 saturated heterocycles. The summed E-state index contributed by atoms with van der Waals surface area (Å²) in [7, 11) is 1.81. The molecule has 0 fully saturated rings. The molecule has 0 aliphatic heterocycles. The van der Waals surface area contributed by atoms with Gasteiger partial charge in [0.15, 0.2) is 5.82 Å². The molecule has 118 valence electrons. The molecule has 1 N–H and O–H groups in total. The summed E-state index contributed by atoms with van der Waals surface area (Å²) in [6, 6.07) is 0. The van der Waals surface area contributed by atoms with E-state index in [9.17, 15) is 9.90 Å². The molecule has 0 aromatic carbocycles. The molecule has 0 saturated carbocycles. The van der Waals surface area contributed by atoms with Gasteiger partial charge in [-0.05, 0) is 32.3 Å². The minimum absolute atomic E-state index is 0.150. The Bertz CT molecular complexity index is 489. The number of ether oxygens (including phenoxy) is 1. The first-order valence-electron chi connectivity index (χ1n) is 7.36. The van der Waals surface area contributed by atoms with Crippen molar-refractivity contribution in [2.24, 2.45) is 0 Å². The molecule has 0 aliphatic carbocycles. The van der Waals surface area contributed by atoms with Crippen molar-refractivity contribution in [3.8, 4) is 0 Å². The van der Waals surface area contributed by atoms with Crippen LogP contribution in [0.3, 0.4) is 0 Å². The molecule has 1 aromatic heterocycles. The molecule has 0 spiro atoms. The van der Waals surface area contributed by atoms with Crippen LogP contribution in [0, 0.1) is 0 Å². The average molecular weight is 295 g/mol. The summed E-state index contributed by atoms with van der Waals surface area (Å²) in [6.07, 6.45) is 1.46. The Labute approximate surface area is 126 Å². The van der Waals surface area contributed by atoms with E-state index in [1.54, 1.807) is 4.90 Å². The van der Waals surface area contributed by atoms with E-state index in [-0.39, 0.29) is 11.7 Å². The summed E-state index contributed by atoms with van der Waals surface area (Å²) < 4.78 is 5.50. The van der Waals surface area contributed by atoms with E-state index >= 15 is 0 Å². The molecule has 0 amide bonds. The summed E-state index contributed by atoms with van der Waals surface area (Å²) in [5.74, 6) is -0.549. The molecule has 6 heteroatoms. The Kier molecular flexibility index (Phi) is 6.55. The van der Waals surface area contributed by atoms with Crippen molar-refractivity contribution in [1.29, 1.82) is 0 Å². The van der Waals surface area contributed by atoms with Crippen LogP contribution in [0.1, 0.15) is 49.3 Å². The number of likely N-dealkylation sites (N-methyl/N-ethyl adjacent to an activating group) is 1. The van der Waals surface area contributed by atoms with Crippen molar-refractivity contribution >= 4 is 11.8 Å². The lowest BCUT2D eigenvalue weighted by atomic mass is 10.0. The number of aromatic carboxylic acids is 1. The fraction of sp³-hybridized carbons (Fsp3) is 0.667. The van der Waals surface area contributed by atoms with Gasteiger partial charge in [-0.1, -0.05) is 13.8 Å². The van der Waals surface area contributed by atoms with Gasteiger partial charge in [-0.25, -0.2) is 4.79 Å². The molecule has 0 aliphatic rings. The first kappa shape index (κ1) is 17.4. The lowest BCUT2D eigenvalue weighted by Crippen LogP contribution is -2.28. The summed E-state index contributed by atoms with van der Waals surface area (Å²) in [5, 5.41) is 17.8. The van der Waals surface area contributed by atoms with Crippen LogP contribution in [-0.2, 0) is 17.6 Å². The SMILES string of the molecule is CCc1nnc(N(C)CCOC(C)C)c(C(=O)O)c1CC.